The fraction of sp³-hybridized carbons (Fsp3) is 1.00. The van der Waals surface area contributed by atoms with E-state index in [1.54, 1.807) is 0 Å². The van der Waals surface area contributed by atoms with E-state index in [4.69, 9.17) is 4.74 Å². The molecule has 1 aliphatic heterocycles. The smallest absolute Gasteiger partial charge is 0.0547 e. The maximum atomic E-state index is 5.39. The SMILES string of the molecule is CC(C)(C)[C@@H]1CCCC12COC2. The molecule has 2 fully saturated rings. The Hall–Kier alpha value is -0.0400. The number of hydrogen-bond donors (Lipinski definition) is 0. The average molecular weight is 168 g/mol. The number of hydrogen-bond acceptors (Lipinski definition) is 1. The molecule has 1 aliphatic carbocycles. The van der Waals surface area contributed by atoms with Gasteiger partial charge in [-0.1, -0.05) is 27.2 Å². The van der Waals surface area contributed by atoms with E-state index in [1.165, 1.54) is 19.3 Å². The summed E-state index contributed by atoms with van der Waals surface area (Å²) in [4.78, 5) is 0. The van der Waals surface area contributed by atoms with E-state index in [0.717, 1.165) is 19.1 Å². The molecule has 1 nitrogen and oxygen atoms in total. The van der Waals surface area contributed by atoms with Gasteiger partial charge >= 0.3 is 0 Å². The summed E-state index contributed by atoms with van der Waals surface area (Å²) in [5.74, 6) is 0.902. The van der Waals surface area contributed by atoms with Crippen molar-refractivity contribution in [3.8, 4) is 0 Å². The molecule has 0 aromatic heterocycles. The zero-order valence-electron chi connectivity index (χ0n) is 8.52. The molecule has 2 aliphatic rings. The van der Waals surface area contributed by atoms with Crippen LogP contribution in [0.5, 0.6) is 0 Å². The molecule has 0 amide bonds. The van der Waals surface area contributed by atoms with Gasteiger partial charge in [0.05, 0.1) is 13.2 Å². The topological polar surface area (TPSA) is 9.23 Å². The Morgan fingerprint density at radius 3 is 2.25 bits per heavy atom. The third-order valence-electron chi connectivity index (χ3n) is 3.73. The van der Waals surface area contributed by atoms with E-state index in [0.29, 0.717) is 10.8 Å². The summed E-state index contributed by atoms with van der Waals surface area (Å²) in [7, 11) is 0. The molecule has 12 heavy (non-hydrogen) atoms. The van der Waals surface area contributed by atoms with E-state index in [-0.39, 0.29) is 0 Å². The lowest BCUT2D eigenvalue weighted by Crippen LogP contribution is -2.49. The molecule has 0 radical (unpaired) electrons. The monoisotopic (exact) mass is 168 g/mol. The van der Waals surface area contributed by atoms with Gasteiger partial charge in [0.15, 0.2) is 0 Å². The molecule has 1 saturated heterocycles. The van der Waals surface area contributed by atoms with Crippen molar-refractivity contribution >= 4 is 0 Å². The molecule has 1 spiro atoms. The summed E-state index contributed by atoms with van der Waals surface area (Å²) in [5, 5.41) is 0. The minimum absolute atomic E-state index is 0.486. The van der Waals surface area contributed by atoms with Crippen LogP contribution < -0.4 is 0 Å². The lowest BCUT2D eigenvalue weighted by atomic mass is 9.65. The highest BCUT2D eigenvalue weighted by Gasteiger charge is 2.52. The van der Waals surface area contributed by atoms with E-state index in [1.807, 2.05) is 0 Å². The Kier molecular flexibility index (Phi) is 1.76. The summed E-state index contributed by atoms with van der Waals surface area (Å²) < 4.78 is 5.39. The maximum absolute atomic E-state index is 5.39. The Balaban J connectivity index is 2.14. The molecule has 0 unspecified atom stereocenters. The Labute approximate surface area is 75.5 Å². The molecule has 2 rings (SSSR count). The Morgan fingerprint density at radius 2 is 1.92 bits per heavy atom. The van der Waals surface area contributed by atoms with Gasteiger partial charge in [-0.15, -0.1) is 0 Å². The minimum atomic E-state index is 0.486. The first-order valence-corrected chi connectivity index (χ1v) is 5.12. The predicted octanol–water partition coefficient (Wildman–Crippen LogP) is 2.85. The molecule has 0 aromatic carbocycles. The first kappa shape index (κ1) is 8.55. The average Bonchev–Trinajstić information content (AvgIpc) is 2.25. The van der Waals surface area contributed by atoms with Crippen LogP contribution in [0.3, 0.4) is 0 Å². The first-order valence-electron chi connectivity index (χ1n) is 5.12. The van der Waals surface area contributed by atoms with E-state index in [2.05, 4.69) is 20.8 Å². The van der Waals surface area contributed by atoms with Crippen LogP contribution in [0.1, 0.15) is 40.0 Å². The van der Waals surface area contributed by atoms with Crippen molar-refractivity contribution in [3.63, 3.8) is 0 Å². The molecule has 0 aromatic rings. The van der Waals surface area contributed by atoms with Crippen molar-refractivity contribution in [2.45, 2.75) is 40.0 Å². The largest absolute Gasteiger partial charge is 0.380 e. The molecule has 1 saturated carbocycles. The second-order valence-corrected chi connectivity index (χ2v) is 5.67. The number of ether oxygens (including phenoxy) is 1. The summed E-state index contributed by atoms with van der Waals surface area (Å²) in [5.41, 5.74) is 1.08. The summed E-state index contributed by atoms with van der Waals surface area (Å²) in [6.45, 7) is 9.21. The molecule has 1 atom stereocenters. The minimum Gasteiger partial charge on any atom is -0.380 e. The summed E-state index contributed by atoms with van der Waals surface area (Å²) in [6, 6.07) is 0. The molecule has 0 N–H and O–H groups in total. The van der Waals surface area contributed by atoms with Crippen molar-refractivity contribution in [1.82, 2.24) is 0 Å². The van der Waals surface area contributed by atoms with Crippen LogP contribution in [-0.4, -0.2) is 13.2 Å². The highest BCUT2D eigenvalue weighted by Crippen LogP contribution is 2.55. The van der Waals surface area contributed by atoms with Gasteiger partial charge in [0.1, 0.15) is 0 Å². The fourth-order valence-corrected chi connectivity index (χ4v) is 3.20. The van der Waals surface area contributed by atoms with Crippen molar-refractivity contribution in [1.29, 1.82) is 0 Å². The van der Waals surface area contributed by atoms with E-state index in [9.17, 15) is 0 Å². The highest BCUT2D eigenvalue weighted by molar-refractivity contribution is 5.00. The van der Waals surface area contributed by atoms with E-state index < -0.39 is 0 Å². The molecule has 1 heteroatoms. The van der Waals surface area contributed by atoms with E-state index >= 15 is 0 Å². The zero-order valence-corrected chi connectivity index (χ0v) is 8.52. The highest BCUT2D eigenvalue weighted by atomic mass is 16.5. The Morgan fingerprint density at radius 1 is 1.25 bits per heavy atom. The molecular formula is C11H20O. The first-order chi connectivity index (χ1) is 5.55. The Bertz CT molecular complexity index is 174. The fourth-order valence-electron chi connectivity index (χ4n) is 3.20. The van der Waals surface area contributed by atoms with Crippen LogP contribution in [0.25, 0.3) is 0 Å². The normalized spacial score (nSPS) is 33.8. The lowest BCUT2D eigenvalue weighted by molar-refractivity contribution is -0.153. The molecule has 70 valence electrons. The standard InChI is InChI=1S/C11H20O/c1-10(2,3)9-5-4-6-11(9)7-12-8-11/h9H,4-8H2,1-3H3/t9-/m0/s1. The van der Waals surface area contributed by atoms with Gasteiger partial charge in [-0.2, -0.15) is 0 Å². The van der Waals surface area contributed by atoms with Gasteiger partial charge < -0.3 is 4.74 Å². The van der Waals surface area contributed by atoms with Crippen molar-refractivity contribution in [2.24, 2.45) is 16.7 Å². The molecular weight excluding hydrogens is 148 g/mol. The van der Waals surface area contributed by atoms with Gasteiger partial charge in [0, 0.05) is 5.41 Å². The van der Waals surface area contributed by atoms with Crippen molar-refractivity contribution in [2.75, 3.05) is 13.2 Å². The third-order valence-corrected chi connectivity index (χ3v) is 3.73. The second-order valence-electron chi connectivity index (χ2n) is 5.67. The van der Waals surface area contributed by atoms with Gasteiger partial charge in [-0.05, 0) is 24.2 Å². The van der Waals surface area contributed by atoms with Crippen LogP contribution in [0.15, 0.2) is 0 Å². The van der Waals surface area contributed by atoms with Crippen LogP contribution >= 0.6 is 0 Å². The summed E-state index contributed by atoms with van der Waals surface area (Å²) >= 11 is 0. The molecule has 1 heterocycles. The zero-order chi connectivity index (χ0) is 8.82. The van der Waals surface area contributed by atoms with Gasteiger partial charge in [-0.25, -0.2) is 0 Å². The quantitative estimate of drug-likeness (QED) is 0.540. The van der Waals surface area contributed by atoms with Gasteiger partial charge in [0.2, 0.25) is 0 Å². The summed E-state index contributed by atoms with van der Waals surface area (Å²) in [6.07, 6.45) is 4.26. The van der Waals surface area contributed by atoms with Gasteiger partial charge in [-0.3, -0.25) is 0 Å². The van der Waals surface area contributed by atoms with Gasteiger partial charge in [0.25, 0.3) is 0 Å². The predicted molar refractivity (Wildman–Crippen MR) is 50.0 cm³/mol. The lowest BCUT2D eigenvalue weighted by Gasteiger charge is -2.48. The maximum Gasteiger partial charge on any atom is 0.0547 e. The van der Waals surface area contributed by atoms with Crippen LogP contribution in [-0.2, 0) is 4.74 Å². The van der Waals surface area contributed by atoms with Crippen molar-refractivity contribution < 1.29 is 4.74 Å². The molecule has 0 bridgehead atoms. The van der Waals surface area contributed by atoms with Crippen molar-refractivity contribution in [3.05, 3.63) is 0 Å². The van der Waals surface area contributed by atoms with Crippen LogP contribution in [0, 0.1) is 16.7 Å². The van der Waals surface area contributed by atoms with Crippen LogP contribution in [0.4, 0.5) is 0 Å². The third kappa shape index (κ3) is 1.10. The van der Waals surface area contributed by atoms with Crippen LogP contribution in [0.2, 0.25) is 0 Å². The second kappa shape index (κ2) is 2.47. The number of rotatable bonds is 0.